The standard InChI is InChI=1S/C7H12N2O2/c8-7-9-4-6(11-7)5-2-1-3-10-5/h5-6H,1-4H2,(H2,8,9). The first-order chi connectivity index (χ1) is 5.36. The molecule has 2 aliphatic rings. The zero-order valence-corrected chi connectivity index (χ0v) is 6.32. The second-order valence-electron chi connectivity index (χ2n) is 2.89. The molecule has 4 heteroatoms. The maximum Gasteiger partial charge on any atom is 0.282 e. The van der Waals surface area contributed by atoms with E-state index < -0.39 is 0 Å². The number of rotatable bonds is 1. The predicted molar refractivity (Wildman–Crippen MR) is 40.3 cm³/mol. The summed E-state index contributed by atoms with van der Waals surface area (Å²) in [6.07, 6.45) is 2.51. The molecule has 0 amide bonds. The molecule has 2 aliphatic heterocycles. The van der Waals surface area contributed by atoms with Gasteiger partial charge in [-0.15, -0.1) is 0 Å². The lowest BCUT2D eigenvalue weighted by Crippen LogP contribution is -2.30. The summed E-state index contributed by atoms with van der Waals surface area (Å²) in [6.45, 7) is 1.51. The molecule has 0 aromatic heterocycles. The summed E-state index contributed by atoms with van der Waals surface area (Å²) in [7, 11) is 0. The summed E-state index contributed by atoms with van der Waals surface area (Å²) in [4.78, 5) is 3.95. The second kappa shape index (κ2) is 2.70. The molecule has 2 heterocycles. The quantitative estimate of drug-likeness (QED) is 0.575. The van der Waals surface area contributed by atoms with Gasteiger partial charge in [0, 0.05) is 6.61 Å². The van der Waals surface area contributed by atoms with Crippen LogP contribution in [0.25, 0.3) is 0 Å². The minimum atomic E-state index is 0.0810. The Balaban J connectivity index is 1.88. The highest BCUT2D eigenvalue weighted by molar-refractivity contribution is 5.73. The normalized spacial score (nSPS) is 36.9. The van der Waals surface area contributed by atoms with E-state index in [2.05, 4.69) is 4.99 Å². The molecule has 2 atom stereocenters. The van der Waals surface area contributed by atoms with Crippen molar-refractivity contribution in [2.75, 3.05) is 13.2 Å². The molecule has 11 heavy (non-hydrogen) atoms. The van der Waals surface area contributed by atoms with Crippen LogP contribution in [0.2, 0.25) is 0 Å². The highest BCUT2D eigenvalue weighted by Gasteiger charge is 2.30. The van der Waals surface area contributed by atoms with Crippen molar-refractivity contribution in [3.8, 4) is 0 Å². The second-order valence-corrected chi connectivity index (χ2v) is 2.89. The number of nitrogens with zero attached hydrogens (tertiary/aromatic N) is 1. The van der Waals surface area contributed by atoms with Crippen LogP contribution in [0.1, 0.15) is 12.8 Å². The Morgan fingerprint density at radius 2 is 2.36 bits per heavy atom. The lowest BCUT2D eigenvalue weighted by Gasteiger charge is -2.15. The number of aliphatic imine (C=N–C) groups is 1. The molecule has 0 aromatic carbocycles. The minimum absolute atomic E-state index is 0.0810. The SMILES string of the molecule is NC1=NCC(C2CCCO2)O1. The van der Waals surface area contributed by atoms with Crippen LogP contribution in [0.3, 0.4) is 0 Å². The van der Waals surface area contributed by atoms with E-state index in [1.807, 2.05) is 0 Å². The van der Waals surface area contributed by atoms with Gasteiger partial charge in [0.15, 0.2) is 0 Å². The fraction of sp³-hybridized carbons (Fsp3) is 0.857. The van der Waals surface area contributed by atoms with Gasteiger partial charge in [0.2, 0.25) is 0 Å². The summed E-state index contributed by atoms with van der Waals surface area (Å²) in [5.41, 5.74) is 5.36. The first-order valence-corrected chi connectivity index (χ1v) is 3.94. The van der Waals surface area contributed by atoms with Crippen molar-refractivity contribution < 1.29 is 9.47 Å². The van der Waals surface area contributed by atoms with Crippen molar-refractivity contribution >= 4 is 6.02 Å². The summed E-state index contributed by atoms with van der Waals surface area (Å²) in [6, 6.07) is 0.311. The van der Waals surface area contributed by atoms with Gasteiger partial charge < -0.3 is 15.2 Å². The fourth-order valence-electron chi connectivity index (χ4n) is 1.50. The molecule has 2 N–H and O–H groups in total. The zero-order chi connectivity index (χ0) is 7.68. The topological polar surface area (TPSA) is 56.8 Å². The lowest BCUT2D eigenvalue weighted by molar-refractivity contribution is 0.0198. The molecule has 0 saturated carbocycles. The van der Waals surface area contributed by atoms with Crippen LogP contribution in [0, 0.1) is 0 Å². The van der Waals surface area contributed by atoms with Crippen LogP contribution in [0.4, 0.5) is 0 Å². The van der Waals surface area contributed by atoms with Gasteiger partial charge in [0.25, 0.3) is 6.02 Å². The molecule has 0 aromatic rings. The Morgan fingerprint density at radius 1 is 1.45 bits per heavy atom. The fourth-order valence-corrected chi connectivity index (χ4v) is 1.50. The van der Waals surface area contributed by atoms with Crippen LogP contribution >= 0.6 is 0 Å². The molecule has 2 rings (SSSR count). The summed E-state index contributed by atoms with van der Waals surface area (Å²) in [5, 5.41) is 0. The molecule has 0 bridgehead atoms. The average Bonchev–Trinajstić information content (AvgIpc) is 2.55. The molecule has 0 spiro atoms. The van der Waals surface area contributed by atoms with Crippen molar-refractivity contribution in [2.24, 2.45) is 10.7 Å². The first kappa shape index (κ1) is 6.91. The van der Waals surface area contributed by atoms with Crippen molar-refractivity contribution in [3.05, 3.63) is 0 Å². The first-order valence-electron chi connectivity index (χ1n) is 3.94. The summed E-state index contributed by atoms with van der Waals surface area (Å²) < 4.78 is 10.7. The molecule has 0 radical (unpaired) electrons. The largest absolute Gasteiger partial charge is 0.457 e. The van der Waals surface area contributed by atoms with Gasteiger partial charge in [-0.3, -0.25) is 0 Å². The lowest BCUT2D eigenvalue weighted by atomic mass is 10.1. The Labute approximate surface area is 65.4 Å². The third kappa shape index (κ3) is 1.30. The Hall–Kier alpha value is -0.770. The van der Waals surface area contributed by atoms with Crippen molar-refractivity contribution in [1.29, 1.82) is 0 Å². The Morgan fingerprint density at radius 3 is 2.91 bits per heavy atom. The van der Waals surface area contributed by atoms with Crippen LogP contribution in [-0.4, -0.2) is 31.4 Å². The maximum atomic E-state index is 5.43. The van der Waals surface area contributed by atoms with E-state index in [4.69, 9.17) is 15.2 Å². The van der Waals surface area contributed by atoms with E-state index in [1.165, 1.54) is 0 Å². The van der Waals surface area contributed by atoms with Gasteiger partial charge in [-0.1, -0.05) is 0 Å². The maximum absolute atomic E-state index is 5.43. The summed E-state index contributed by atoms with van der Waals surface area (Å²) in [5.74, 6) is 0. The third-order valence-corrected chi connectivity index (χ3v) is 2.08. The van der Waals surface area contributed by atoms with Crippen LogP contribution < -0.4 is 5.73 Å². The van der Waals surface area contributed by atoms with E-state index >= 15 is 0 Å². The van der Waals surface area contributed by atoms with Crippen molar-refractivity contribution in [2.45, 2.75) is 25.0 Å². The Bertz CT molecular complexity index is 175. The highest BCUT2D eigenvalue weighted by atomic mass is 16.6. The molecule has 1 fully saturated rings. The number of nitrogens with two attached hydrogens (primary N) is 1. The van der Waals surface area contributed by atoms with Gasteiger partial charge in [0.1, 0.15) is 6.10 Å². The molecule has 4 nitrogen and oxygen atoms in total. The highest BCUT2D eigenvalue weighted by Crippen LogP contribution is 2.20. The van der Waals surface area contributed by atoms with Crippen molar-refractivity contribution in [3.63, 3.8) is 0 Å². The van der Waals surface area contributed by atoms with Gasteiger partial charge in [-0.2, -0.15) is 0 Å². The van der Waals surface area contributed by atoms with Gasteiger partial charge >= 0.3 is 0 Å². The van der Waals surface area contributed by atoms with Crippen LogP contribution in [-0.2, 0) is 9.47 Å². The molecular formula is C7H12N2O2. The van der Waals surface area contributed by atoms with Gasteiger partial charge in [-0.05, 0) is 12.8 Å². The molecular weight excluding hydrogens is 144 g/mol. The molecule has 62 valence electrons. The van der Waals surface area contributed by atoms with E-state index in [9.17, 15) is 0 Å². The number of hydrogen-bond acceptors (Lipinski definition) is 4. The number of ether oxygens (including phenoxy) is 2. The number of hydrogen-bond donors (Lipinski definition) is 1. The smallest absolute Gasteiger partial charge is 0.282 e. The van der Waals surface area contributed by atoms with Crippen LogP contribution in [0.15, 0.2) is 4.99 Å². The van der Waals surface area contributed by atoms with Crippen molar-refractivity contribution in [1.82, 2.24) is 0 Å². The third-order valence-electron chi connectivity index (χ3n) is 2.08. The van der Waals surface area contributed by atoms with E-state index in [1.54, 1.807) is 0 Å². The monoisotopic (exact) mass is 156 g/mol. The predicted octanol–water partition coefficient (Wildman–Crippen LogP) is -0.121. The van der Waals surface area contributed by atoms with E-state index in [0.29, 0.717) is 12.6 Å². The van der Waals surface area contributed by atoms with E-state index in [-0.39, 0.29) is 12.2 Å². The minimum Gasteiger partial charge on any atom is -0.457 e. The van der Waals surface area contributed by atoms with Crippen LogP contribution in [0.5, 0.6) is 0 Å². The number of amidine groups is 1. The Kier molecular flexibility index (Phi) is 1.69. The molecule has 2 unspecified atom stereocenters. The average molecular weight is 156 g/mol. The van der Waals surface area contributed by atoms with Gasteiger partial charge in [-0.25, -0.2) is 4.99 Å². The van der Waals surface area contributed by atoms with E-state index in [0.717, 1.165) is 19.4 Å². The molecule has 0 aliphatic carbocycles. The molecule has 1 saturated heterocycles. The van der Waals surface area contributed by atoms with Gasteiger partial charge in [0.05, 0.1) is 12.6 Å². The zero-order valence-electron chi connectivity index (χ0n) is 6.32. The summed E-state index contributed by atoms with van der Waals surface area (Å²) >= 11 is 0.